The summed E-state index contributed by atoms with van der Waals surface area (Å²) in [7, 11) is 2.76. The molecule has 22 heavy (non-hydrogen) atoms. The van der Waals surface area contributed by atoms with E-state index < -0.39 is 17.4 Å². The molecule has 3 rings (SSSR count). The van der Waals surface area contributed by atoms with E-state index in [9.17, 15) is 9.90 Å². The monoisotopic (exact) mass is 340 g/mol. The third-order valence-electron chi connectivity index (χ3n) is 2.94. The fourth-order valence-corrected chi connectivity index (χ4v) is 4.07. The fraction of sp³-hybridized carbons (Fsp3) is 0.308. The van der Waals surface area contributed by atoms with Crippen molar-refractivity contribution in [2.45, 2.75) is 11.5 Å². The first-order valence-corrected chi connectivity index (χ1v) is 7.93. The van der Waals surface area contributed by atoms with E-state index in [1.165, 1.54) is 37.3 Å². The molecule has 0 saturated carbocycles. The standard InChI is InChI=1S/C13H12N2O5S2/c1-18-13-9(12(17)20-19-2)15-11(22-13)10-14-7-4-3-6(16)5-8(7)21-10/h3-5,9,13,16H,1-2H3/t9-,13?/m0/s1. The first-order chi connectivity index (χ1) is 10.6. The van der Waals surface area contributed by atoms with E-state index in [4.69, 9.17) is 4.74 Å². The predicted octanol–water partition coefficient (Wildman–Crippen LogP) is 1.94. The largest absolute Gasteiger partial charge is 0.508 e. The van der Waals surface area contributed by atoms with Crippen LogP contribution in [-0.2, 0) is 19.3 Å². The SMILES string of the molecule is COOC(=O)[C@@H]1N=C(c2nc3ccc(O)cc3s2)SC1OC. The van der Waals surface area contributed by atoms with E-state index in [-0.39, 0.29) is 5.75 Å². The molecule has 0 bridgehead atoms. The van der Waals surface area contributed by atoms with Gasteiger partial charge in [0.2, 0.25) is 0 Å². The number of thiazole rings is 1. The number of phenols is 1. The summed E-state index contributed by atoms with van der Waals surface area (Å²) < 4.78 is 6.11. The summed E-state index contributed by atoms with van der Waals surface area (Å²) in [5, 5.41) is 10.8. The van der Waals surface area contributed by atoms with E-state index in [1.54, 1.807) is 18.2 Å². The Bertz CT molecular complexity index is 745. The van der Waals surface area contributed by atoms with Crippen LogP contribution in [0.5, 0.6) is 5.75 Å². The van der Waals surface area contributed by atoms with Gasteiger partial charge in [-0.3, -0.25) is 9.88 Å². The number of aliphatic imine (C=N–C) groups is 1. The van der Waals surface area contributed by atoms with Crippen molar-refractivity contribution in [3.05, 3.63) is 23.2 Å². The van der Waals surface area contributed by atoms with Crippen molar-refractivity contribution in [1.29, 1.82) is 0 Å². The van der Waals surface area contributed by atoms with Crippen LogP contribution in [0, 0.1) is 0 Å². The Morgan fingerprint density at radius 3 is 2.91 bits per heavy atom. The van der Waals surface area contributed by atoms with Gasteiger partial charge in [-0.05, 0) is 18.2 Å². The maximum atomic E-state index is 11.8. The minimum atomic E-state index is -0.801. The molecule has 116 valence electrons. The molecule has 1 aromatic heterocycles. The van der Waals surface area contributed by atoms with Crippen LogP contribution in [0.25, 0.3) is 10.2 Å². The predicted molar refractivity (Wildman–Crippen MR) is 83.1 cm³/mol. The lowest BCUT2D eigenvalue weighted by Gasteiger charge is -2.12. The lowest BCUT2D eigenvalue weighted by molar-refractivity contribution is -0.257. The lowest BCUT2D eigenvalue weighted by atomic mass is 10.3. The summed E-state index contributed by atoms with van der Waals surface area (Å²) in [6, 6.07) is 4.15. The second-order valence-corrected chi connectivity index (χ2v) is 6.46. The Kier molecular flexibility index (Phi) is 4.30. The molecule has 1 aliphatic heterocycles. The number of phenolic OH excluding ortho intramolecular Hbond substituents is 1. The van der Waals surface area contributed by atoms with Crippen LogP contribution in [0.3, 0.4) is 0 Å². The van der Waals surface area contributed by atoms with Crippen LogP contribution < -0.4 is 0 Å². The molecule has 1 unspecified atom stereocenters. The number of ether oxygens (including phenoxy) is 1. The summed E-state index contributed by atoms with van der Waals surface area (Å²) in [4.78, 5) is 29.5. The average molecular weight is 340 g/mol. The minimum absolute atomic E-state index is 0.181. The van der Waals surface area contributed by atoms with Crippen molar-refractivity contribution < 1.29 is 24.4 Å². The van der Waals surface area contributed by atoms with Gasteiger partial charge in [0, 0.05) is 7.11 Å². The molecule has 9 heteroatoms. The van der Waals surface area contributed by atoms with Gasteiger partial charge in [0.25, 0.3) is 0 Å². The van der Waals surface area contributed by atoms with E-state index >= 15 is 0 Å². The van der Waals surface area contributed by atoms with E-state index in [0.717, 1.165) is 10.2 Å². The van der Waals surface area contributed by atoms with Gasteiger partial charge in [-0.2, -0.15) is 4.89 Å². The molecule has 1 aromatic carbocycles. The molecule has 2 heterocycles. The van der Waals surface area contributed by atoms with Crippen LogP contribution in [0.15, 0.2) is 23.2 Å². The Hall–Kier alpha value is -1.68. The maximum absolute atomic E-state index is 11.8. The molecule has 0 aliphatic carbocycles. The number of fused-ring (bicyclic) bond motifs is 1. The highest BCUT2D eigenvalue weighted by molar-refractivity contribution is 8.15. The number of carbonyl (C=O) groups is 1. The van der Waals surface area contributed by atoms with Crippen LogP contribution in [0.4, 0.5) is 0 Å². The summed E-state index contributed by atoms with van der Waals surface area (Å²) >= 11 is 2.69. The minimum Gasteiger partial charge on any atom is -0.508 e. The highest BCUT2D eigenvalue weighted by Gasteiger charge is 2.39. The molecule has 0 fully saturated rings. The quantitative estimate of drug-likeness (QED) is 0.672. The van der Waals surface area contributed by atoms with Gasteiger partial charge in [0.15, 0.2) is 6.04 Å². The molecular formula is C13H12N2O5S2. The zero-order valence-electron chi connectivity index (χ0n) is 11.7. The first-order valence-electron chi connectivity index (χ1n) is 6.24. The molecule has 7 nitrogen and oxygen atoms in total. The Morgan fingerprint density at radius 2 is 2.18 bits per heavy atom. The van der Waals surface area contributed by atoms with Gasteiger partial charge in [0.05, 0.1) is 17.3 Å². The zero-order chi connectivity index (χ0) is 15.7. The van der Waals surface area contributed by atoms with E-state index in [1.807, 2.05) is 0 Å². The zero-order valence-corrected chi connectivity index (χ0v) is 13.3. The smallest absolute Gasteiger partial charge is 0.370 e. The number of aromatic hydroxyl groups is 1. The number of methoxy groups -OCH3 is 1. The molecule has 0 spiro atoms. The normalized spacial score (nSPS) is 21.1. The summed E-state index contributed by atoms with van der Waals surface area (Å²) in [6.07, 6.45) is 0. The second-order valence-electron chi connectivity index (χ2n) is 4.34. The highest BCUT2D eigenvalue weighted by atomic mass is 32.2. The third kappa shape index (κ3) is 2.80. The van der Waals surface area contributed by atoms with Crippen molar-refractivity contribution in [3.8, 4) is 5.75 Å². The van der Waals surface area contributed by atoms with Gasteiger partial charge in [-0.15, -0.1) is 11.3 Å². The molecule has 1 aliphatic rings. The van der Waals surface area contributed by atoms with Crippen molar-refractivity contribution in [2.75, 3.05) is 14.2 Å². The second kappa shape index (κ2) is 6.21. The number of rotatable bonds is 4. The van der Waals surface area contributed by atoms with Gasteiger partial charge in [-0.25, -0.2) is 9.78 Å². The molecule has 1 N–H and O–H groups in total. The number of aromatic nitrogens is 1. The van der Waals surface area contributed by atoms with Gasteiger partial charge < -0.3 is 9.84 Å². The molecule has 0 amide bonds. The topological polar surface area (TPSA) is 90.2 Å². The van der Waals surface area contributed by atoms with E-state index in [0.29, 0.717) is 10.1 Å². The Labute approximate surface area is 133 Å². The maximum Gasteiger partial charge on any atom is 0.370 e. The van der Waals surface area contributed by atoms with Crippen LogP contribution in [0.1, 0.15) is 5.01 Å². The summed E-state index contributed by atoms with van der Waals surface area (Å²) in [5.41, 5.74) is 0.274. The molecule has 2 atom stereocenters. The molecule has 2 aromatic rings. The summed E-state index contributed by atoms with van der Waals surface area (Å²) in [5.74, 6) is -0.435. The fourth-order valence-electron chi connectivity index (χ4n) is 1.97. The van der Waals surface area contributed by atoms with Crippen LogP contribution in [-0.4, -0.2) is 46.8 Å². The number of hydrogen-bond acceptors (Lipinski definition) is 9. The molecule has 0 saturated heterocycles. The van der Waals surface area contributed by atoms with Gasteiger partial charge in [-0.1, -0.05) is 11.8 Å². The number of nitrogens with zero attached hydrogens (tertiary/aromatic N) is 2. The van der Waals surface area contributed by atoms with Gasteiger partial charge >= 0.3 is 5.97 Å². The Morgan fingerprint density at radius 1 is 1.36 bits per heavy atom. The number of carbonyl (C=O) groups excluding carboxylic acids is 1. The van der Waals surface area contributed by atoms with Crippen LogP contribution in [0.2, 0.25) is 0 Å². The van der Waals surface area contributed by atoms with Crippen LogP contribution >= 0.6 is 23.1 Å². The number of thioether (sulfide) groups is 1. The lowest BCUT2D eigenvalue weighted by Crippen LogP contribution is -2.30. The third-order valence-corrected chi connectivity index (χ3v) is 5.29. The van der Waals surface area contributed by atoms with Crippen molar-refractivity contribution in [3.63, 3.8) is 0 Å². The Balaban J connectivity index is 1.92. The summed E-state index contributed by atoms with van der Waals surface area (Å²) in [6.45, 7) is 0. The molecular weight excluding hydrogens is 328 g/mol. The van der Waals surface area contributed by atoms with Crippen molar-refractivity contribution in [1.82, 2.24) is 4.98 Å². The van der Waals surface area contributed by atoms with Crippen molar-refractivity contribution >= 4 is 44.3 Å². The van der Waals surface area contributed by atoms with E-state index in [2.05, 4.69) is 19.8 Å². The van der Waals surface area contributed by atoms with Crippen molar-refractivity contribution in [2.24, 2.45) is 4.99 Å². The van der Waals surface area contributed by atoms with Gasteiger partial charge in [0.1, 0.15) is 21.2 Å². The number of hydrogen-bond donors (Lipinski definition) is 1. The average Bonchev–Trinajstić information content (AvgIpc) is 3.10. The first kappa shape index (κ1) is 15.2. The highest BCUT2D eigenvalue weighted by Crippen LogP contribution is 2.35. The molecule has 0 radical (unpaired) electrons. The number of benzene rings is 1.